The molecule has 0 fully saturated rings. The molecule has 0 saturated heterocycles. The zero-order valence-electron chi connectivity index (χ0n) is 11.3. The van der Waals surface area contributed by atoms with Crippen molar-refractivity contribution in [1.29, 1.82) is 0 Å². The third-order valence-corrected chi connectivity index (χ3v) is 4.43. The maximum absolute atomic E-state index is 14.1. The van der Waals surface area contributed by atoms with Gasteiger partial charge in [-0.1, -0.05) is 18.2 Å². The second-order valence-electron chi connectivity index (χ2n) is 5.54. The van der Waals surface area contributed by atoms with Crippen LogP contribution in [0.1, 0.15) is 24.3 Å². The number of benzene rings is 2. The molecule has 0 saturated carbocycles. The molecule has 2 nitrogen and oxygen atoms in total. The number of rotatable bonds is 1. The summed E-state index contributed by atoms with van der Waals surface area (Å²) in [6.45, 7) is 1.93. The summed E-state index contributed by atoms with van der Waals surface area (Å²) in [5.41, 5.74) is 4.44. The van der Waals surface area contributed by atoms with Crippen molar-refractivity contribution in [2.75, 3.05) is 23.3 Å². The summed E-state index contributed by atoms with van der Waals surface area (Å²) in [6, 6.07) is 13.4. The highest BCUT2D eigenvalue weighted by atomic mass is 19.1. The molecular formula is C17H17FN2. The van der Waals surface area contributed by atoms with Crippen LogP contribution in [0.4, 0.5) is 21.5 Å². The smallest absolute Gasteiger partial charge is 0.146 e. The van der Waals surface area contributed by atoms with Crippen LogP contribution in [0.2, 0.25) is 0 Å². The van der Waals surface area contributed by atoms with Gasteiger partial charge in [0.25, 0.3) is 0 Å². The molecule has 0 radical (unpaired) electrons. The Hall–Kier alpha value is -2.03. The first-order valence-corrected chi connectivity index (χ1v) is 7.23. The van der Waals surface area contributed by atoms with Gasteiger partial charge in [0.2, 0.25) is 0 Å². The normalized spacial score (nSPS) is 20.2. The fraction of sp³-hybridized carbons (Fsp3) is 0.294. The monoisotopic (exact) mass is 268 g/mol. The van der Waals surface area contributed by atoms with Gasteiger partial charge in [-0.15, -0.1) is 0 Å². The summed E-state index contributed by atoms with van der Waals surface area (Å²) >= 11 is 0. The van der Waals surface area contributed by atoms with Crippen molar-refractivity contribution in [3.63, 3.8) is 0 Å². The minimum atomic E-state index is -0.146. The predicted octanol–water partition coefficient (Wildman–Crippen LogP) is 4.27. The van der Waals surface area contributed by atoms with Gasteiger partial charge >= 0.3 is 0 Å². The Bertz CT molecular complexity index is 653. The van der Waals surface area contributed by atoms with E-state index in [4.69, 9.17) is 0 Å². The first-order chi connectivity index (χ1) is 9.84. The minimum absolute atomic E-state index is 0.146. The van der Waals surface area contributed by atoms with E-state index in [1.54, 1.807) is 6.07 Å². The molecule has 1 unspecified atom stereocenters. The number of nitrogens with one attached hydrogen (secondary N) is 1. The van der Waals surface area contributed by atoms with Gasteiger partial charge < -0.3 is 10.2 Å². The van der Waals surface area contributed by atoms with E-state index in [0.717, 1.165) is 25.2 Å². The number of hydrogen-bond donors (Lipinski definition) is 1. The molecule has 102 valence electrons. The lowest BCUT2D eigenvalue weighted by atomic mass is 9.83. The van der Waals surface area contributed by atoms with E-state index in [9.17, 15) is 4.39 Å². The van der Waals surface area contributed by atoms with Crippen LogP contribution in [-0.2, 0) is 0 Å². The number of para-hydroxylation sites is 1. The van der Waals surface area contributed by atoms with Crippen LogP contribution in [0.5, 0.6) is 0 Å². The molecular weight excluding hydrogens is 251 g/mol. The number of hydrogen-bond acceptors (Lipinski definition) is 2. The third-order valence-electron chi connectivity index (χ3n) is 4.43. The molecule has 2 heterocycles. The molecule has 0 spiro atoms. The SMILES string of the molecule is Fc1ccccc1N1CCC2CCNc3cccc1c32. The van der Waals surface area contributed by atoms with Crippen LogP contribution in [0.3, 0.4) is 0 Å². The molecule has 2 aromatic rings. The van der Waals surface area contributed by atoms with Gasteiger partial charge in [0.1, 0.15) is 5.82 Å². The Kier molecular flexibility index (Phi) is 2.66. The molecule has 2 aliphatic heterocycles. The largest absolute Gasteiger partial charge is 0.385 e. The van der Waals surface area contributed by atoms with Gasteiger partial charge in [0, 0.05) is 30.0 Å². The van der Waals surface area contributed by atoms with E-state index in [2.05, 4.69) is 28.4 Å². The molecule has 2 aliphatic rings. The predicted molar refractivity (Wildman–Crippen MR) is 80.3 cm³/mol. The van der Waals surface area contributed by atoms with E-state index in [1.807, 2.05) is 12.1 Å². The number of anilines is 3. The fourth-order valence-corrected chi connectivity index (χ4v) is 3.51. The average Bonchev–Trinajstić information content (AvgIpc) is 2.49. The minimum Gasteiger partial charge on any atom is -0.385 e. The van der Waals surface area contributed by atoms with Gasteiger partial charge in [-0.25, -0.2) is 4.39 Å². The Labute approximate surface area is 118 Å². The summed E-state index contributed by atoms with van der Waals surface area (Å²) < 4.78 is 14.1. The highest BCUT2D eigenvalue weighted by molar-refractivity contribution is 5.76. The lowest BCUT2D eigenvalue weighted by molar-refractivity contribution is 0.554. The molecule has 0 amide bonds. The first-order valence-electron chi connectivity index (χ1n) is 7.23. The maximum atomic E-state index is 14.1. The van der Waals surface area contributed by atoms with Crippen molar-refractivity contribution in [3.8, 4) is 0 Å². The van der Waals surface area contributed by atoms with Crippen LogP contribution < -0.4 is 10.2 Å². The molecule has 3 heteroatoms. The van der Waals surface area contributed by atoms with Crippen molar-refractivity contribution < 1.29 is 4.39 Å². The summed E-state index contributed by atoms with van der Waals surface area (Å²) in [6.07, 6.45) is 2.27. The van der Waals surface area contributed by atoms with Gasteiger partial charge in [-0.05, 0) is 43.0 Å². The van der Waals surface area contributed by atoms with Crippen molar-refractivity contribution in [2.24, 2.45) is 0 Å². The topological polar surface area (TPSA) is 15.3 Å². The van der Waals surface area contributed by atoms with Gasteiger partial charge in [0.15, 0.2) is 0 Å². The lowest BCUT2D eigenvalue weighted by Crippen LogP contribution is -2.31. The zero-order valence-corrected chi connectivity index (χ0v) is 11.3. The highest BCUT2D eigenvalue weighted by Crippen LogP contribution is 2.46. The summed E-state index contributed by atoms with van der Waals surface area (Å²) in [5.74, 6) is 0.470. The Morgan fingerprint density at radius 3 is 2.75 bits per heavy atom. The van der Waals surface area contributed by atoms with Crippen LogP contribution in [0, 0.1) is 5.82 Å². The Morgan fingerprint density at radius 2 is 1.85 bits per heavy atom. The van der Waals surface area contributed by atoms with E-state index in [0.29, 0.717) is 11.6 Å². The molecule has 0 aliphatic carbocycles. The van der Waals surface area contributed by atoms with E-state index in [-0.39, 0.29) is 5.82 Å². The quantitative estimate of drug-likeness (QED) is 0.831. The fourth-order valence-electron chi connectivity index (χ4n) is 3.51. The van der Waals surface area contributed by atoms with Crippen molar-refractivity contribution in [1.82, 2.24) is 0 Å². The van der Waals surface area contributed by atoms with Gasteiger partial charge in [-0.2, -0.15) is 0 Å². The first kappa shape index (κ1) is 11.8. The third kappa shape index (κ3) is 1.69. The van der Waals surface area contributed by atoms with E-state index >= 15 is 0 Å². The Morgan fingerprint density at radius 1 is 1.00 bits per heavy atom. The summed E-state index contributed by atoms with van der Waals surface area (Å²) in [5, 5.41) is 3.47. The Balaban J connectivity index is 1.87. The van der Waals surface area contributed by atoms with Crippen LogP contribution in [-0.4, -0.2) is 13.1 Å². The highest BCUT2D eigenvalue weighted by Gasteiger charge is 2.31. The van der Waals surface area contributed by atoms with Crippen LogP contribution in [0.15, 0.2) is 42.5 Å². The molecule has 20 heavy (non-hydrogen) atoms. The van der Waals surface area contributed by atoms with E-state index < -0.39 is 0 Å². The van der Waals surface area contributed by atoms with Crippen molar-refractivity contribution >= 4 is 17.1 Å². The number of halogens is 1. The molecule has 4 rings (SSSR count). The summed E-state index contributed by atoms with van der Waals surface area (Å²) in [4.78, 5) is 2.12. The van der Waals surface area contributed by atoms with Gasteiger partial charge in [0.05, 0.1) is 5.69 Å². The van der Waals surface area contributed by atoms with Crippen molar-refractivity contribution in [3.05, 3.63) is 53.8 Å². The van der Waals surface area contributed by atoms with Crippen LogP contribution in [0.25, 0.3) is 0 Å². The van der Waals surface area contributed by atoms with E-state index in [1.165, 1.54) is 23.7 Å². The molecule has 0 bridgehead atoms. The summed E-state index contributed by atoms with van der Waals surface area (Å²) in [7, 11) is 0. The second kappa shape index (κ2) is 4.51. The lowest BCUT2D eigenvalue weighted by Gasteiger charge is -2.39. The van der Waals surface area contributed by atoms with Gasteiger partial charge in [-0.3, -0.25) is 0 Å². The standard InChI is InChI=1S/C17H17FN2/c18-13-4-1-2-6-15(13)20-11-9-12-8-10-19-14-5-3-7-16(20)17(12)14/h1-7,12,19H,8-11H2. The average molecular weight is 268 g/mol. The second-order valence-corrected chi connectivity index (χ2v) is 5.54. The van der Waals surface area contributed by atoms with Crippen molar-refractivity contribution in [2.45, 2.75) is 18.8 Å². The van der Waals surface area contributed by atoms with Crippen LogP contribution >= 0.6 is 0 Å². The molecule has 1 N–H and O–H groups in total. The molecule has 0 aromatic heterocycles. The molecule has 1 atom stereocenters. The number of nitrogens with zero attached hydrogens (tertiary/aromatic N) is 1. The maximum Gasteiger partial charge on any atom is 0.146 e. The molecule has 2 aromatic carbocycles. The zero-order chi connectivity index (χ0) is 13.5.